The Kier molecular flexibility index (Phi) is 5.28. The number of aromatic hydroxyl groups is 1. The number of nitrogens with zero attached hydrogens (tertiary/aromatic N) is 1. The third kappa shape index (κ3) is 4.01. The molecule has 0 radical (unpaired) electrons. The first-order valence-electron chi connectivity index (χ1n) is 8.82. The van der Waals surface area contributed by atoms with Gasteiger partial charge in [-0.3, -0.25) is 4.79 Å². The Labute approximate surface area is 171 Å². The molecule has 1 aromatic heterocycles. The molecular formula is C22H17ClN2O2S. The van der Waals surface area contributed by atoms with Crippen LogP contribution in [-0.2, 0) is 11.2 Å². The lowest BCUT2D eigenvalue weighted by molar-refractivity contribution is -0.116. The van der Waals surface area contributed by atoms with E-state index in [1.807, 2.05) is 54.6 Å². The van der Waals surface area contributed by atoms with Gasteiger partial charge in [0.2, 0.25) is 5.91 Å². The van der Waals surface area contributed by atoms with Crippen molar-refractivity contribution in [2.75, 3.05) is 5.32 Å². The third-order valence-electron chi connectivity index (χ3n) is 4.36. The van der Waals surface area contributed by atoms with Crippen LogP contribution in [0.15, 0.2) is 66.7 Å². The molecule has 0 fully saturated rings. The fraction of sp³-hybridized carbons (Fsp3) is 0.0909. The van der Waals surface area contributed by atoms with Crippen molar-refractivity contribution in [3.8, 4) is 16.3 Å². The van der Waals surface area contributed by atoms with Gasteiger partial charge in [-0.15, -0.1) is 11.3 Å². The third-order valence-corrected chi connectivity index (χ3v) is 5.74. The highest BCUT2D eigenvalue weighted by Gasteiger charge is 2.15. The first-order chi connectivity index (χ1) is 13.6. The van der Waals surface area contributed by atoms with Gasteiger partial charge in [-0.1, -0.05) is 54.1 Å². The maximum Gasteiger partial charge on any atom is 0.224 e. The number of amides is 1. The summed E-state index contributed by atoms with van der Waals surface area (Å²) < 4.78 is 1.06. The SMILES string of the molecule is O=C(CCc1ccccc1)Nc1cc(-c2nc3ccccc3s2)cc(Cl)c1O. The molecule has 0 aliphatic heterocycles. The number of nitrogens with one attached hydrogen (secondary N) is 1. The maximum absolute atomic E-state index is 12.4. The Hall–Kier alpha value is -2.89. The predicted molar refractivity (Wildman–Crippen MR) is 115 cm³/mol. The summed E-state index contributed by atoms with van der Waals surface area (Å²) in [6, 6.07) is 21.0. The second-order valence-electron chi connectivity index (χ2n) is 6.37. The number of rotatable bonds is 5. The molecule has 4 nitrogen and oxygen atoms in total. The van der Waals surface area contributed by atoms with Gasteiger partial charge in [-0.25, -0.2) is 4.98 Å². The van der Waals surface area contributed by atoms with Crippen LogP contribution in [0.2, 0.25) is 5.02 Å². The van der Waals surface area contributed by atoms with E-state index in [1.165, 1.54) is 11.3 Å². The van der Waals surface area contributed by atoms with Crippen molar-refractivity contribution >= 4 is 44.7 Å². The molecule has 28 heavy (non-hydrogen) atoms. The zero-order valence-electron chi connectivity index (χ0n) is 14.9. The van der Waals surface area contributed by atoms with Crippen LogP contribution in [-0.4, -0.2) is 16.0 Å². The Balaban J connectivity index is 1.56. The standard InChI is InChI=1S/C22H17ClN2O2S/c23-16-12-15(22-25-17-8-4-5-9-19(17)28-22)13-18(21(16)27)24-20(26)11-10-14-6-2-1-3-7-14/h1-9,12-13,27H,10-11H2,(H,24,26). The van der Waals surface area contributed by atoms with Crippen LogP contribution >= 0.6 is 22.9 Å². The fourth-order valence-corrected chi connectivity index (χ4v) is 4.10. The lowest BCUT2D eigenvalue weighted by atomic mass is 10.1. The summed E-state index contributed by atoms with van der Waals surface area (Å²) in [5, 5.41) is 14.0. The summed E-state index contributed by atoms with van der Waals surface area (Å²) in [5.74, 6) is -0.323. The Morgan fingerprint density at radius 2 is 1.82 bits per heavy atom. The van der Waals surface area contributed by atoms with Gasteiger partial charge in [0, 0.05) is 12.0 Å². The zero-order valence-corrected chi connectivity index (χ0v) is 16.4. The number of aryl methyl sites for hydroxylation is 1. The van der Waals surface area contributed by atoms with Crippen LogP contribution in [0.25, 0.3) is 20.8 Å². The largest absolute Gasteiger partial charge is 0.504 e. The highest BCUT2D eigenvalue weighted by atomic mass is 35.5. The van der Waals surface area contributed by atoms with Crippen molar-refractivity contribution in [2.45, 2.75) is 12.8 Å². The summed E-state index contributed by atoms with van der Waals surface area (Å²) in [6.07, 6.45) is 0.936. The Morgan fingerprint density at radius 1 is 1.07 bits per heavy atom. The van der Waals surface area contributed by atoms with Crippen LogP contribution in [0.4, 0.5) is 5.69 Å². The number of anilines is 1. The van der Waals surface area contributed by atoms with Gasteiger partial charge in [0.05, 0.1) is 20.9 Å². The number of benzene rings is 3. The fourth-order valence-electron chi connectivity index (χ4n) is 2.93. The van der Waals surface area contributed by atoms with E-state index in [-0.39, 0.29) is 16.7 Å². The number of hydrogen-bond donors (Lipinski definition) is 2. The monoisotopic (exact) mass is 408 g/mol. The molecule has 1 amide bonds. The average Bonchev–Trinajstić information content (AvgIpc) is 3.15. The van der Waals surface area contributed by atoms with Crippen molar-refractivity contribution in [3.05, 3.63) is 77.3 Å². The second kappa shape index (κ2) is 8.00. The van der Waals surface area contributed by atoms with E-state index in [9.17, 15) is 9.90 Å². The molecule has 0 unspecified atom stereocenters. The van der Waals surface area contributed by atoms with Crippen LogP contribution < -0.4 is 5.32 Å². The molecule has 2 N–H and O–H groups in total. The summed E-state index contributed by atoms with van der Waals surface area (Å²) >= 11 is 7.74. The quantitative estimate of drug-likeness (QED) is 0.404. The van der Waals surface area contributed by atoms with E-state index in [2.05, 4.69) is 10.3 Å². The van der Waals surface area contributed by atoms with E-state index < -0.39 is 0 Å². The van der Waals surface area contributed by atoms with Crippen LogP contribution in [0, 0.1) is 0 Å². The van der Waals surface area contributed by atoms with Crippen LogP contribution in [0.3, 0.4) is 0 Å². The van der Waals surface area contributed by atoms with E-state index in [1.54, 1.807) is 12.1 Å². The minimum atomic E-state index is -0.184. The first kappa shape index (κ1) is 18.5. The van der Waals surface area contributed by atoms with Gasteiger partial charge in [0.25, 0.3) is 0 Å². The molecule has 4 aromatic rings. The van der Waals surface area contributed by atoms with Crippen molar-refractivity contribution in [1.82, 2.24) is 4.98 Å². The first-order valence-corrected chi connectivity index (χ1v) is 10.0. The number of hydrogen-bond acceptors (Lipinski definition) is 4. The number of carbonyl (C=O) groups excluding carboxylic acids is 1. The molecule has 0 aliphatic rings. The predicted octanol–water partition coefficient (Wildman–Crippen LogP) is 5.89. The molecule has 0 aliphatic carbocycles. The molecular weight excluding hydrogens is 392 g/mol. The Morgan fingerprint density at radius 3 is 2.61 bits per heavy atom. The van der Waals surface area contributed by atoms with Crippen LogP contribution in [0.5, 0.6) is 5.75 Å². The van der Waals surface area contributed by atoms with E-state index >= 15 is 0 Å². The second-order valence-corrected chi connectivity index (χ2v) is 7.81. The van der Waals surface area contributed by atoms with Crippen molar-refractivity contribution in [2.24, 2.45) is 0 Å². The maximum atomic E-state index is 12.4. The minimum absolute atomic E-state index is 0.139. The van der Waals surface area contributed by atoms with E-state index in [4.69, 9.17) is 11.6 Å². The van der Waals surface area contributed by atoms with E-state index in [0.29, 0.717) is 18.5 Å². The molecule has 0 spiro atoms. The van der Waals surface area contributed by atoms with Crippen molar-refractivity contribution in [3.63, 3.8) is 0 Å². The molecule has 1 heterocycles. The number of para-hydroxylation sites is 1. The lowest BCUT2D eigenvalue weighted by Crippen LogP contribution is -2.12. The number of phenolic OH excluding ortho intramolecular Hbond substituents is 1. The Bertz CT molecular complexity index is 1110. The van der Waals surface area contributed by atoms with Gasteiger partial charge in [-0.2, -0.15) is 0 Å². The molecule has 0 saturated carbocycles. The number of phenols is 1. The van der Waals surface area contributed by atoms with Gasteiger partial charge >= 0.3 is 0 Å². The van der Waals surface area contributed by atoms with Crippen molar-refractivity contribution in [1.29, 1.82) is 0 Å². The number of fused-ring (bicyclic) bond motifs is 1. The summed E-state index contributed by atoms with van der Waals surface area (Å²) in [7, 11) is 0. The van der Waals surface area contributed by atoms with Crippen LogP contribution in [0.1, 0.15) is 12.0 Å². The van der Waals surface area contributed by atoms with E-state index in [0.717, 1.165) is 26.4 Å². The summed E-state index contributed by atoms with van der Waals surface area (Å²) in [4.78, 5) is 17.0. The van der Waals surface area contributed by atoms with Gasteiger partial charge in [0.1, 0.15) is 5.01 Å². The summed E-state index contributed by atoms with van der Waals surface area (Å²) in [5.41, 5.74) is 3.03. The van der Waals surface area contributed by atoms with Gasteiger partial charge in [-0.05, 0) is 36.2 Å². The average molecular weight is 409 g/mol. The number of carbonyl (C=O) groups is 1. The summed E-state index contributed by atoms with van der Waals surface area (Å²) in [6.45, 7) is 0. The topological polar surface area (TPSA) is 62.2 Å². The minimum Gasteiger partial charge on any atom is -0.504 e. The molecule has 3 aromatic carbocycles. The number of halogens is 1. The number of thiazole rings is 1. The van der Waals surface area contributed by atoms with Crippen molar-refractivity contribution < 1.29 is 9.90 Å². The molecule has 140 valence electrons. The molecule has 0 saturated heterocycles. The molecule has 6 heteroatoms. The highest BCUT2D eigenvalue weighted by molar-refractivity contribution is 7.21. The van der Waals surface area contributed by atoms with Gasteiger partial charge in [0.15, 0.2) is 5.75 Å². The smallest absolute Gasteiger partial charge is 0.224 e. The van der Waals surface area contributed by atoms with Gasteiger partial charge < -0.3 is 10.4 Å². The molecule has 0 bridgehead atoms. The highest BCUT2D eigenvalue weighted by Crippen LogP contribution is 2.39. The lowest BCUT2D eigenvalue weighted by Gasteiger charge is -2.10. The zero-order chi connectivity index (χ0) is 19.5. The normalized spacial score (nSPS) is 10.9. The molecule has 4 rings (SSSR count). The molecule has 0 atom stereocenters. The number of aromatic nitrogens is 1.